The molecular formula is C9H10O4. The standard InChI is InChI=1S/C9H10O4/c1-2-6(10)3-8-4-7(11)5-9(12)13-8/h4-5,11H,2-3H2,1H3. The maximum atomic E-state index is 11.0. The topological polar surface area (TPSA) is 67.5 Å². The molecule has 1 N–H and O–H groups in total. The van der Waals surface area contributed by atoms with Crippen molar-refractivity contribution in [3.05, 3.63) is 28.3 Å². The van der Waals surface area contributed by atoms with Crippen LogP contribution in [-0.4, -0.2) is 10.9 Å². The number of hydrogen-bond donors (Lipinski definition) is 1. The van der Waals surface area contributed by atoms with Crippen molar-refractivity contribution >= 4 is 5.78 Å². The van der Waals surface area contributed by atoms with E-state index in [0.717, 1.165) is 6.07 Å². The molecule has 0 aromatic carbocycles. The molecule has 0 aliphatic heterocycles. The van der Waals surface area contributed by atoms with E-state index in [0.29, 0.717) is 6.42 Å². The normalized spacial score (nSPS) is 9.92. The fourth-order valence-electron chi connectivity index (χ4n) is 0.922. The predicted octanol–water partition coefficient (Wildman–Crippen LogP) is 0.867. The maximum Gasteiger partial charge on any atom is 0.339 e. The summed E-state index contributed by atoms with van der Waals surface area (Å²) in [4.78, 5) is 21.7. The molecule has 0 fully saturated rings. The smallest absolute Gasteiger partial charge is 0.339 e. The second-order valence-corrected chi connectivity index (χ2v) is 2.67. The summed E-state index contributed by atoms with van der Waals surface area (Å²) in [6.45, 7) is 1.73. The van der Waals surface area contributed by atoms with Crippen LogP contribution in [0.25, 0.3) is 0 Å². The van der Waals surface area contributed by atoms with Crippen molar-refractivity contribution in [2.75, 3.05) is 0 Å². The molecule has 1 heterocycles. The van der Waals surface area contributed by atoms with Crippen molar-refractivity contribution in [2.24, 2.45) is 0 Å². The van der Waals surface area contributed by atoms with E-state index in [1.165, 1.54) is 6.07 Å². The summed E-state index contributed by atoms with van der Waals surface area (Å²) in [5.74, 6) is 0.000697. The average Bonchev–Trinajstić information content (AvgIpc) is 2.02. The zero-order chi connectivity index (χ0) is 9.84. The number of carbonyl (C=O) groups is 1. The molecule has 70 valence electrons. The Balaban J connectivity index is 2.89. The van der Waals surface area contributed by atoms with Crippen LogP contribution in [0.1, 0.15) is 19.1 Å². The molecular weight excluding hydrogens is 172 g/mol. The van der Waals surface area contributed by atoms with Gasteiger partial charge in [0, 0.05) is 12.5 Å². The second kappa shape index (κ2) is 3.89. The quantitative estimate of drug-likeness (QED) is 0.753. The van der Waals surface area contributed by atoms with Crippen LogP contribution in [0.4, 0.5) is 0 Å². The second-order valence-electron chi connectivity index (χ2n) is 2.67. The molecule has 1 aromatic heterocycles. The number of Topliss-reactive ketones (excluding diaryl/α,β-unsaturated/α-hetero) is 1. The van der Waals surface area contributed by atoms with Crippen molar-refractivity contribution in [1.82, 2.24) is 0 Å². The van der Waals surface area contributed by atoms with E-state index in [4.69, 9.17) is 9.52 Å². The summed E-state index contributed by atoms with van der Waals surface area (Å²) in [6.07, 6.45) is 0.444. The minimum atomic E-state index is -0.640. The van der Waals surface area contributed by atoms with Crippen molar-refractivity contribution in [3.63, 3.8) is 0 Å². The monoisotopic (exact) mass is 182 g/mol. The molecule has 4 nitrogen and oxygen atoms in total. The number of ketones is 1. The Morgan fingerprint density at radius 2 is 2.23 bits per heavy atom. The van der Waals surface area contributed by atoms with Crippen LogP contribution in [0.5, 0.6) is 5.75 Å². The molecule has 0 aliphatic carbocycles. The number of rotatable bonds is 3. The van der Waals surface area contributed by atoms with Gasteiger partial charge >= 0.3 is 5.63 Å². The van der Waals surface area contributed by atoms with E-state index in [2.05, 4.69) is 0 Å². The highest BCUT2D eigenvalue weighted by atomic mass is 16.4. The van der Waals surface area contributed by atoms with Gasteiger partial charge in [-0.25, -0.2) is 4.79 Å². The van der Waals surface area contributed by atoms with Crippen LogP contribution < -0.4 is 5.63 Å². The lowest BCUT2D eigenvalue weighted by Gasteiger charge is -1.97. The van der Waals surface area contributed by atoms with Gasteiger partial charge in [-0.15, -0.1) is 0 Å². The average molecular weight is 182 g/mol. The van der Waals surface area contributed by atoms with Crippen LogP contribution in [0.15, 0.2) is 21.3 Å². The highest BCUT2D eigenvalue weighted by molar-refractivity contribution is 5.79. The first kappa shape index (κ1) is 9.51. The molecule has 0 spiro atoms. The van der Waals surface area contributed by atoms with Crippen LogP contribution in [0, 0.1) is 0 Å². The lowest BCUT2D eigenvalue weighted by molar-refractivity contribution is -0.118. The van der Waals surface area contributed by atoms with Crippen molar-refractivity contribution < 1.29 is 14.3 Å². The summed E-state index contributed by atoms with van der Waals surface area (Å²) in [5, 5.41) is 9.01. The summed E-state index contributed by atoms with van der Waals surface area (Å²) in [5.41, 5.74) is -0.640. The van der Waals surface area contributed by atoms with Gasteiger partial charge in [-0.2, -0.15) is 0 Å². The van der Waals surface area contributed by atoms with E-state index in [1.54, 1.807) is 6.92 Å². The first-order chi connectivity index (χ1) is 6.11. The third-order valence-electron chi connectivity index (χ3n) is 1.57. The molecule has 4 heteroatoms. The van der Waals surface area contributed by atoms with Crippen LogP contribution >= 0.6 is 0 Å². The third-order valence-corrected chi connectivity index (χ3v) is 1.57. The molecule has 13 heavy (non-hydrogen) atoms. The number of hydrogen-bond acceptors (Lipinski definition) is 4. The van der Waals surface area contributed by atoms with Gasteiger partial charge in [0.2, 0.25) is 0 Å². The Hall–Kier alpha value is -1.58. The van der Waals surface area contributed by atoms with Crippen LogP contribution in [0.3, 0.4) is 0 Å². The predicted molar refractivity (Wildman–Crippen MR) is 45.6 cm³/mol. The zero-order valence-electron chi connectivity index (χ0n) is 7.24. The molecule has 0 saturated carbocycles. The first-order valence-corrected chi connectivity index (χ1v) is 3.96. The lowest BCUT2D eigenvalue weighted by Crippen LogP contribution is -2.04. The highest BCUT2D eigenvalue weighted by Gasteiger charge is 2.05. The highest BCUT2D eigenvalue weighted by Crippen LogP contribution is 2.08. The largest absolute Gasteiger partial charge is 0.508 e. The van der Waals surface area contributed by atoms with Gasteiger partial charge in [0.1, 0.15) is 17.3 Å². The summed E-state index contributed by atoms with van der Waals surface area (Å²) < 4.78 is 4.69. The van der Waals surface area contributed by atoms with Gasteiger partial charge in [-0.05, 0) is 0 Å². The Kier molecular flexibility index (Phi) is 2.84. The van der Waals surface area contributed by atoms with E-state index in [1.807, 2.05) is 0 Å². The van der Waals surface area contributed by atoms with Gasteiger partial charge in [-0.1, -0.05) is 6.92 Å². The van der Waals surface area contributed by atoms with E-state index in [-0.39, 0.29) is 23.7 Å². The van der Waals surface area contributed by atoms with Gasteiger partial charge in [0.05, 0.1) is 12.5 Å². The molecule has 0 bridgehead atoms. The minimum Gasteiger partial charge on any atom is -0.508 e. The van der Waals surface area contributed by atoms with Gasteiger partial charge < -0.3 is 9.52 Å². The Morgan fingerprint density at radius 3 is 2.77 bits per heavy atom. The molecule has 1 aromatic rings. The van der Waals surface area contributed by atoms with Gasteiger partial charge in [0.15, 0.2) is 0 Å². The summed E-state index contributed by atoms with van der Waals surface area (Å²) >= 11 is 0. The molecule has 0 amide bonds. The Morgan fingerprint density at radius 1 is 1.54 bits per heavy atom. The van der Waals surface area contributed by atoms with E-state index in [9.17, 15) is 9.59 Å². The minimum absolute atomic E-state index is 0.0336. The summed E-state index contributed by atoms with van der Waals surface area (Å²) in [6, 6.07) is 2.23. The lowest BCUT2D eigenvalue weighted by atomic mass is 10.2. The van der Waals surface area contributed by atoms with Crippen LogP contribution in [-0.2, 0) is 11.2 Å². The zero-order valence-corrected chi connectivity index (χ0v) is 7.24. The van der Waals surface area contributed by atoms with Crippen LogP contribution in [0.2, 0.25) is 0 Å². The SMILES string of the molecule is CCC(=O)Cc1cc(O)cc(=O)o1. The van der Waals surface area contributed by atoms with Crippen molar-refractivity contribution in [2.45, 2.75) is 19.8 Å². The molecule has 0 radical (unpaired) electrons. The molecule has 1 rings (SSSR count). The molecule has 0 atom stereocenters. The Labute approximate surface area is 74.8 Å². The Bertz CT molecular complexity index is 364. The first-order valence-electron chi connectivity index (χ1n) is 3.96. The number of carbonyl (C=O) groups excluding carboxylic acids is 1. The van der Waals surface area contributed by atoms with Gasteiger partial charge in [-0.3, -0.25) is 4.79 Å². The third kappa shape index (κ3) is 2.74. The fourth-order valence-corrected chi connectivity index (χ4v) is 0.922. The molecule has 0 aliphatic rings. The summed E-state index contributed by atoms with van der Waals surface area (Å²) in [7, 11) is 0. The number of aromatic hydroxyl groups is 1. The van der Waals surface area contributed by atoms with E-state index < -0.39 is 5.63 Å². The molecule has 0 saturated heterocycles. The van der Waals surface area contributed by atoms with Gasteiger partial charge in [0.25, 0.3) is 0 Å². The molecule has 0 unspecified atom stereocenters. The van der Waals surface area contributed by atoms with Crippen molar-refractivity contribution in [1.29, 1.82) is 0 Å². The fraction of sp³-hybridized carbons (Fsp3) is 0.333. The maximum absolute atomic E-state index is 11.0. The van der Waals surface area contributed by atoms with Crippen molar-refractivity contribution in [3.8, 4) is 5.75 Å². The van der Waals surface area contributed by atoms with E-state index >= 15 is 0 Å².